The van der Waals surface area contributed by atoms with Crippen LogP contribution in [0.1, 0.15) is 10.4 Å². The van der Waals surface area contributed by atoms with Crippen LogP contribution in [0, 0.1) is 0 Å². The lowest BCUT2D eigenvalue weighted by Crippen LogP contribution is -2.12. The van der Waals surface area contributed by atoms with Crippen LogP contribution in [-0.2, 0) is 0 Å². The Balaban J connectivity index is 1.56. The van der Waals surface area contributed by atoms with Gasteiger partial charge in [-0.25, -0.2) is 4.98 Å². The Labute approximate surface area is 186 Å². The van der Waals surface area contributed by atoms with Crippen LogP contribution in [0.15, 0.2) is 72.1 Å². The number of nitrogens with one attached hydrogen (secondary N) is 1. The molecule has 0 bridgehead atoms. The zero-order valence-electron chi connectivity index (χ0n) is 14.8. The molecule has 0 radical (unpaired) electrons. The lowest BCUT2D eigenvalue weighted by Gasteiger charge is -2.08. The summed E-state index contributed by atoms with van der Waals surface area (Å²) in [5.74, 6) is -0.302. The van der Waals surface area contributed by atoms with E-state index in [1.165, 1.54) is 0 Å². The number of hydrogen-bond donors (Lipinski definition) is 1. The SMILES string of the molecule is O=C(Nc1cccc(-c2csc(-c3ccc(Cl)cc3)n2)c1)c1ccc(Cl)cc1Cl. The van der Waals surface area contributed by atoms with E-state index >= 15 is 0 Å². The first kappa shape index (κ1) is 19.9. The van der Waals surface area contributed by atoms with Crippen molar-refractivity contribution < 1.29 is 4.79 Å². The lowest BCUT2D eigenvalue weighted by molar-refractivity contribution is 0.102. The van der Waals surface area contributed by atoms with Crippen LogP contribution in [0.2, 0.25) is 15.1 Å². The molecule has 3 nitrogen and oxygen atoms in total. The highest BCUT2D eigenvalue weighted by molar-refractivity contribution is 7.13. The van der Waals surface area contributed by atoms with Gasteiger partial charge >= 0.3 is 0 Å². The second kappa shape index (κ2) is 8.56. The number of thiazole rings is 1. The number of nitrogens with zero attached hydrogens (tertiary/aromatic N) is 1. The third-order valence-corrected chi connectivity index (χ3v) is 5.88. The number of anilines is 1. The number of carbonyl (C=O) groups excluding carboxylic acids is 1. The average Bonchev–Trinajstić information content (AvgIpc) is 3.19. The summed E-state index contributed by atoms with van der Waals surface area (Å²) in [6, 6.07) is 19.9. The summed E-state index contributed by atoms with van der Waals surface area (Å²) in [6.07, 6.45) is 0. The molecule has 0 unspecified atom stereocenters. The van der Waals surface area contributed by atoms with Gasteiger partial charge in [0.05, 0.1) is 16.3 Å². The Bertz CT molecular complexity index is 1190. The van der Waals surface area contributed by atoms with E-state index in [4.69, 9.17) is 39.8 Å². The number of carbonyl (C=O) groups is 1. The highest BCUT2D eigenvalue weighted by Gasteiger charge is 2.12. The van der Waals surface area contributed by atoms with Crippen molar-refractivity contribution in [3.05, 3.63) is 92.7 Å². The molecule has 0 aliphatic carbocycles. The fraction of sp³-hybridized carbons (Fsp3) is 0. The quantitative estimate of drug-likeness (QED) is 0.340. The molecule has 0 aliphatic heterocycles. The van der Waals surface area contributed by atoms with Gasteiger partial charge in [0, 0.05) is 32.2 Å². The molecule has 0 spiro atoms. The van der Waals surface area contributed by atoms with Gasteiger partial charge in [-0.1, -0.05) is 59.1 Å². The Hall–Kier alpha value is -2.37. The molecular formula is C22H13Cl3N2OS. The summed E-state index contributed by atoms with van der Waals surface area (Å²) in [5, 5.41) is 7.23. The number of amides is 1. The molecule has 1 aromatic heterocycles. The second-order valence-electron chi connectivity index (χ2n) is 6.20. The van der Waals surface area contributed by atoms with Gasteiger partial charge in [0.25, 0.3) is 5.91 Å². The molecule has 0 saturated carbocycles. The van der Waals surface area contributed by atoms with Crippen molar-refractivity contribution in [1.29, 1.82) is 0 Å². The van der Waals surface area contributed by atoms with Crippen molar-refractivity contribution in [3.8, 4) is 21.8 Å². The number of hydrogen-bond acceptors (Lipinski definition) is 3. The summed E-state index contributed by atoms with van der Waals surface area (Å²) >= 11 is 19.5. The summed E-state index contributed by atoms with van der Waals surface area (Å²) in [6.45, 7) is 0. The molecule has 4 aromatic rings. The van der Waals surface area contributed by atoms with Gasteiger partial charge in [0.2, 0.25) is 0 Å². The molecule has 1 N–H and O–H groups in total. The van der Waals surface area contributed by atoms with E-state index in [-0.39, 0.29) is 5.91 Å². The zero-order chi connectivity index (χ0) is 20.4. The van der Waals surface area contributed by atoms with E-state index in [1.54, 1.807) is 29.5 Å². The molecular weight excluding hydrogens is 447 g/mol. The Morgan fingerprint density at radius 3 is 2.38 bits per heavy atom. The van der Waals surface area contributed by atoms with Gasteiger partial charge in [-0.15, -0.1) is 11.3 Å². The minimum absolute atomic E-state index is 0.302. The minimum atomic E-state index is -0.302. The zero-order valence-corrected chi connectivity index (χ0v) is 17.9. The summed E-state index contributed by atoms with van der Waals surface area (Å²) in [5.41, 5.74) is 3.76. The molecule has 1 amide bonds. The van der Waals surface area contributed by atoms with Crippen molar-refractivity contribution in [3.63, 3.8) is 0 Å². The van der Waals surface area contributed by atoms with Gasteiger partial charge in [-0.2, -0.15) is 0 Å². The van der Waals surface area contributed by atoms with E-state index in [0.29, 0.717) is 26.3 Å². The fourth-order valence-corrected chi connectivity index (χ4v) is 4.22. The van der Waals surface area contributed by atoms with Crippen LogP contribution >= 0.6 is 46.1 Å². The maximum Gasteiger partial charge on any atom is 0.257 e. The van der Waals surface area contributed by atoms with Crippen LogP contribution in [0.5, 0.6) is 0 Å². The van der Waals surface area contributed by atoms with Crippen LogP contribution in [-0.4, -0.2) is 10.9 Å². The third kappa shape index (κ3) is 4.62. The average molecular weight is 460 g/mol. The lowest BCUT2D eigenvalue weighted by atomic mass is 10.1. The molecule has 1 heterocycles. The highest BCUT2D eigenvalue weighted by Crippen LogP contribution is 2.31. The molecule has 144 valence electrons. The Morgan fingerprint density at radius 2 is 1.62 bits per heavy atom. The third-order valence-electron chi connectivity index (χ3n) is 4.19. The number of rotatable bonds is 4. The van der Waals surface area contributed by atoms with Crippen molar-refractivity contribution in [2.24, 2.45) is 0 Å². The second-order valence-corrected chi connectivity index (χ2v) is 8.34. The van der Waals surface area contributed by atoms with Gasteiger partial charge in [-0.3, -0.25) is 4.79 Å². The van der Waals surface area contributed by atoms with Gasteiger partial charge in [0.15, 0.2) is 0 Å². The maximum atomic E-state index is 12.5. The van der Waals surface area contributed by atoms with Crippen LogP contribution < -0.4 is 5.32 Å². The van der Waals surface area contributed by atoms with E-state index in [9.17, 15) is 4.79 Å². The molecule has 0 atom stereocenters. The van der Waals surface area contributed by atoms with E-state index in [1.807, 2.05) is 53.9 Å². The number of halogens is 3. The van der Waals surface area contributed by atoms with Gasteiger partial charge in [0.1, 0.15) is 5.01 Å². The number of aromatic nitrogens is 1. The van der Waals surface area contributed by atoms with Crippen molar-refractivity contribution in [2.75, 3.05) is 5.32 Å². The first-order chi connectivity index (χ1) is 14.0. The van der Waals surface area contributed by atoms with Crippen molar-refractivity contribution in [2.45, 2.75) is 0 Å². The predicted molar refractivity (Wildman–Crippen MR) is 122 cm³/mol. The normalized spacial score (nSPS) is 10.7. The largest absolute Gasteiger partial charge is 0.322 e. The van der Waals surface area contributed by atoms with E-state index in [2.05, 4.69) is 5.32 Å². The van der Waals surface area contributed by atoms with Crippen LogP contribution in [0.4, 0.5) is 5.69 Å². The van der Waals surface area contributed by atoms with Gasteiger partial charge < -0.3 is 5.32 Å². The summed E-state index contributed by atoms with van der Waals surface area (Å²) < 4.78 is 0. The van der Waals surface area contributed by atoms with Crippen molar-refractivity contribution >= 4 is 57.7 Å². The molecule has 0 saturated heterocycles. The highest BCUT2D eigenvalue weighted by atomic mass is 35.5. The number of benzene rings is 3. The first-order valence-electron chi connectivity index (χ1n) is 8.58. The standard InChI is InChI=1S/C22H13Cl3N2OS/c23-15-6-4-13(5-7-15)22-27-20(12-29-22)14-2-1-3-17(10-14)26-21(28)18-9-8-16(24)11-19(18)25/h1-12H,(H,26,28). The van der Waals surface area contributed by atoms with E-state index in [0.717, 1.165) is 21.8 Å². The summed E-state index contributed by atoms with van der Waals surface area (Å²) in [4.78, 5) is 17.3. The smallest absolute Gasteiger partial charge is 0.257 e. The fourth-order valence-electron chi connectivity index (χ4n) is 2.76. The van der Waals surface area contributed by atoms with Crippen LogP contribution in [0.3, 0.4) is 0 Å². The van der Waals surface area contributed by atoms with E-state index < -0.39 is 0 Å². The monoisotopic (exact) mass is 458 g/mol. The Kier molecular flexibility index (Phi) is 5.88. The molecule has 29 heavy (non-hydrogen) atoms. The molecule has 0 fully saturated rings. The molecule has 0 aliphatic rings. The molecule has 7 heteroatoms. The predicted octanol–water partition coefficient (Wildman–Crippen LogP) is 7.69. The maximum absolute atomic E-state index is 12.5. The van der Waals surface area contributed by atoms with Crippen LogP contribution in [0.25, 0.3) is 21.8 Å². The van der Waals surface area contributed by atoms with Gasteiger partial charge in [-0.05, 0) is 42.5 Å². The topological polar surface area (TPSA) is 42.0 Å². The summed E-state index contributed by atoms with van der Waals surface area (Å²) in [7, 11) is 0. The Morgan fingerprint density at radius 1 is 0.862 bits per heavy atom. The molecule has 4 rings (SSSR count). The first-order valence-corrected chi connectivity index (χ1v) is 10.6. The minimum Gasteiger partial charge on any atom is -0.322 e. The van der Waals surface area contributed by atoms with Crippen molar-refractivity contribution in [1.82, 2.24) is 4.98 Å². The molecule has 3 aromatic carbocycles.